The van der Waals surface area contributed by atoms with E-state index in [0.29, 0.717) is 70.6 Å². The number of thiophene rings is 1. The summed E-state index contributed by atoms with van der Waals surface area (Å²) in [5, 5.41) is 26.9. The number of aromatic carboxylic acids is 1. The lowest BCUT2D eigenvalue weighted by Gasteiger charge is -2.44. The quantitative estimate of drug-likeness (QED) is 0.0633. The Morgan fingerprint density at radius 1 is 1.04 bits per heavy atom. The highest BCUT2D eigenvalue weighted by atomic mass is 35.5. The first kappa shape index (κ1) is 47.7. The lowest BCUT2D eigenvalue weighted by molar-refractivity contribution is -0.139. The molecule has 2 saturated heterocycles. The number of aromatic nitrogens is 1. The molecule has 0 radical (unpaired) electrons. The minimum absolute atomic E-state index is 0.0398. The number of carbonyl (C=O) groups is 5. The van der Waals surface area contributed by atoms with Crippen molar-refractivity contribution in [1.29, 1.82) is 0 Å². The number of hydrogen-bond donors (Lipinski definition) is 4. The van der Waals surface area contributed by atoms with Crippen molar-refractivity contribution in [2.75, 3.05) is 48.4 Å². The predicted octanol–water partition coefficient (Wildman–Crippen LogP) is 8.48. The van der Waals surface area contributed by atoms with Gasteiger partial charge in [-0.15, -0.1) is 11.3 Å². The molecule has 6 aromatic rings. The summed E-state index contributed by atoms with van der Waals surface area (Å²) in [5.74, 6) is -2.70. The number of nitrogens with zero attached hydrogens (tertiary/aromatic N) is 4. The zero-order valence-electron chi connectivity index (χ0n) is 38.2. The monoisotopic (exact) mass is 994 g/mol. The Hall–Kier alpha value is -6.34. The third-order valence-corrected chi connectivity index (χ3v) is 16.7. The molecule has 3 unspecified atom stereocenters. The molecule has 0 saturated carbocycles. The number of aldehydes is 1. The number of ether oxygens (including phenoxy) is 1. The topological polar surface area (TPSA) is 212 Å². The van der Waals surface area contributed by atoms with Gasteiger partial charge in [-0.05, 0) is 110 Å². The Labute approximate surface area is 409 Å². The summed E-state index contributed by atoms with van der Waals surface area (Å²) in [6.07, 6.45) is 4.26. The normalized spacial score (nSPS) is 18.1. The number of carbonyl (C=O) groups excluding carboxylic acids is 3. The number of amides is 2. The Balaban J connectivity index is 0.822. The first-order valence-corrected chi connectivity index (χ1v) is 25.2. The van der Waals surface area contributed by atoms with Crippen LogP contribution in [0, 0.1) is 0 Å². The first-order valence-electron chi connectivity index (χ1n) is 22.8. The Bertz CT molecular complexity index is 3040. The molecule has 2 aromatic heterocycles. The highest BCUT2D eigenvalue weighted by Gasteiger charge is 2.40. The van der Waals surface area contributed by atoms with Crippen molar-refractivity contribution in [1.82, 2.24) is 14.6 Å². The number of carboxylic acids is 2. The maximum absolute atomic E-state index is 14.1. The van der Waals surface area contributed by atoms with E-state index in [1.807, 2.05) is 54.6 Å². The van der Waals surface area contributed by atoms with E-state index >= 15 is 0 Å². The highest BCUT2D eigenvalue weighted by Crippen LogP contribution is 2.47. The van der Waals surface area contributed by atoms with Gasteiger partial charge in [0.1, 0.15) is 22.9 Å². The number of anilines is 3. The largest absolute Gasteiger partial charge is 0.479 e. The zero-order chi connectivity index (χ0) is 48.7. The molecule has 19 heteroatoms. The fourth-order valence-corrected chi connectivity index (χ4v) is 13.1. The van der Waals surface area contributed by atoms with E-state index in [4.69, 9.17) is 30.8 Å². The van der Waals surface area contributed by atoms with Crippen molar-refractivity contribution in [2.24, 2.45) is 0 Å². The second kappa shape index (κ2) is 19.6. The van der Waals surface area contributed by atoms with Gasteiger partial charge in [-0.2, -0.15) is 4.98 Å². The van der Waals surface area contributed by atoms with Crippen LogP contribution in [0.3, 0.4) is 0 Å². The van der Waals surface area contributed by atoms with Crippen LogP contribution in [0.2, 0.25) is 5.02 Å². The number of rotatable bonds is 17. The van der Waals surface area contributed by atoms with Gasteiger partial charge in [0.25, 0.3) is 11.9 Å². The van der Waals surface area contributed by atoms with Gasteiger partial charge >= 0.3 is 11.9 Å². The summed E-state index contributed by atoms with van der Waals surface area (Å²) >= 11 is 7.47. The smallest absolute Gasteiger partial charge is 0.349 e. The molecule has 69 heavy (non-hydrogen) atoms. The molecule has 0 aliphatic carbocycles. The SMILES string of the molecule is CNC(=O)C(CCC=O)N1C(=O)c2cccc3c(C4CCN(c5nc6cc(CS(=O)N7CCC(Nc8cccc(-c9sc(C(=O)O)c(OCC(=O)O)c9Cl)c8)CC7(C)C)ccc6o5)CC4)ccc1c23. The van der Waals surface area contributed by atoms with Crippen molar-refractivity contribution >= 4 is 103 Å². The van der Waals surface area contributed by atoms with Crippen LogP contribution in [-0.4, -0.2) is 105 Å². The summed E-state index contributed by atoms with van der Waals surface area (Å²) < 4.78 is 27.6. The van der Waals surface area contributed by atoms with E-state index in [1.54, 1.807) is 17.0 Å². The van der Waals surface area contributed by atoms with Crippen LogP contribution >= 0.6 is 22.9 Å². The van der Waals surface area contributed by atoms with Crippen LogP contribution in [0.4, 0.5) is 17.4 Å². The molecule has 360 valence electrons. The van der Waals surface area contributed by atoms with Gasteiger partial charge < -0.3 is 39.7 Å². The highest BCUT2D eigenvalue weighted by molar-refractivity contribution is 7.81. The van der Waals surface area contributed by atoms with E-state index in [9.17, 15) is 33.3 Å². The summed E-state index contributed by atoms with van der Waals surface area (Å²) in [4.78, 5) is 69.9. The van der Waals surface area contributed by atoms with Gasteiger partial charge in [-0.3, -0.25) is 14.5 Å². The molecule has 9 rings (SSSR count). The van der Waals surface area contributed by atoms with Crippen LogP contribution in [0.15, 0.2) is 77.2 Å². The molecule has 5 heterocycles. The van der Waals surface area contributed by atoms with Crippen molar-refractivity contribution in [3.63, 3.8) is 0 Å². The molecule has 16 nitrogen and oxygen atoms in total. The fourth-order valence-electron chi connectivity index (χ4n) is 10.1. The van der Waals surface area contributed by atoms with Gasteiger partial charge in [-0.25, -0.2) is 18.1 Å². The zero-order valence-corrected chi connectivity index (χ0v) is 40.5. The van der Waals surface area contributed by atoms with Crippen molar-refractivity contribution in [3.05, 3.63) is 99.4 Å². The van der Waals surface area contributed by atoms with E-state index in [0.717, 1.165) is 64.5 Å². The van der Waals surface area contributed by atoms with Crippen LogP contribution in [-0.2, 0) is 31.1 Å². The summed E-state index contributed by atoms with van der Waals surface area (Å²) in [5.41, 5.74) is 5.67. The minimum atomic E-state index is -1.34. The fraction of sp³-hybridized carbons (Fsp3) is 0.360. The number of fused-ring (bicyclic) bond motifs is 1. The number of piperidine rings is 2. The van der Waals surface area contributed by atoms with Gasteiger partial charge in [0, 0.05) is 61.3 Å². The molecule has 4 aromatic carbocycles. The Kier molecular flexibility index (Phi) is 13.5. The van der Waals surface area contributed by atoms with Crippen LogP contribution in [0.25, 0.3) is 32.3 Å². The molecule has 3 aliphatic heterocycles. The van der Waals surface area contributed by atoms with Gasteiger partial charge in [-0.1, -0.05) is 48.0 Å². The second-order valence-electron chi connectivity index (χ2n) is 18.2. The molecule has 0 spiro atoms. The number of likely N-dealkylation sites (N-methyl/N-ethyl adjacent to an activating group) is 1. The third kappa shape index (κ3) is 9.42. The van der Waals surface area contributed by atoms with Gasteiger partial charge in [0.05, 0.1) is 27.3 Å². The first-order chi connectivity index (χ1) is 33.1. The number of oxazole rings is 1. The molecule has 3 aliphatic rings. The number of carboxylic acid groups (broad SMARTS) is 2. The molecule has 4 N–H and O–H groups in total. The molecule has 3 atom stereocenters. The number of aliphatic carboxylic acids is 1. The lowest BCUT2D eigenvalue weighted by atomic mass is 9.85. The molecule has 2 fully saturated rings. The molecule has 0 bridgehead atoms. The maximum Gasteiger partial charge on any atom is 0.349 e. The van der Waals surface area contributed by atoms with E-state index in [1.165, 1.54) is 7.05 Å². The average Bonchev–Trinajstić information content (AvgIpc) is 4.00. The maximum atomic E-state index is 14.1. The number of halogens is 1. The Morgan fingerprint density at radius 3 is 2.55 bits per heavy atom. The summed E-state index contributed by atoms with van der Waals surface area (Å²) in [6.45, 7) is 5.46. The number of hydrogen-bond acceptors (Lipinski definition) is 12. The van der Waals surface area contributed by atoms with E-state index < -0.39 is 41.1 Å². The van der Waals surface area contributed by atoms with Crippen LogP contribution in [0.5, 0.6) is 5.75 Å². The Morgan fingerprint density at radius 2 is 1.83 bits per heavy atom. The average molecular weight is 996 g/mol. The predicted molar refractivity (Wildman–Crippen MR) is 266 cm³/mol. The van der Waals surface area contributed by atoms with Gasteiger partial charge in [0.15, 0.2) is 22.8 Å². The number of nitrogens with one attached hydrogen (secondary N) is 2. The van der Waals surface area contributed by atoms with E-state index in [-0.39, 0.29) is 52.3 Å². The van der Waals surface area contributed by atoms with Crippen molar-refractivity contribution in [2.45, 2.75) is 81.7 Å². The van der Waals surface area contributed by atoms with E-state index in [2.05, 4.69) is 39.8 Å². The lowest BCUT2D eigenvalue weighted by Crippen LogP contribution is -2.53. The summed E-state index contributed by atoms with van der Waals surface area (Å²) in [7, 11) is 0.198. The molecular formula is C50H51ClN6O10S2. The second-order valence-corrected chi connectivity index (χ2v) is 21.0. The molecular weight excluding hydrogens is 944 g/mol. The van der Waals surface area contributed by atoms with Gasteiger partial charge in [0.2, 0.25) is 5.91 Å². The molecule has 2 amide bonds. The van der Waals surface area contributed by atoms with Crippen molar-refractivity contribution in [3.8, 4) is 16.2 Å². The van der Waals surface area contributed by atoms with Crippen LogP contribution in [0.1, 0.15) is 89.4 Å². The van der Waals surface area contributed by atoms with Crippen LogP contribution < -0.4 is 25.2 Å². The summed E-state index contributed by atoms with van der Waals surface area (Å²) in [6, 6.07) is 22.8. The third-order valence-electron chi connectivity index (χ3n) is 13.3. The standard InChI is InChI=1S/C50H51ClN6O10S2/c1-50(2)25-32(53-31-8-4-7-30(24-31)44-42(51)43(66-26-40(59)60)45(68-44)48(63)64)18-21-56(50)69(65)27-28-12-15-39-36(23-28)54-49(67-39)55-19-16-29(17-20-55)33-13-14-37-41-34(33)9-5-10-35(41)47(62)57(37)38(11-6-22-58)46(61)52-3/h4-5,7-10,12-15,22-24,29,32,38,53H,6,11,16-21,25-27H2,1-3H3,(H,52,61)(H,59,60)(H,63,64). The minimum Gasteiger partial charge on any atom is -0.479 e. The van der Waals surface area contributed by atoms with Crippen molar-refractivity contribution < 1.29 is 47.5 Å². The number of benzene rings is 4.